The fourth-order valence-electron chi connectivity index (χ4n) is 1.18. The summed E-state index contributed by atoms with van der Waals surface area (Å²) in [7, 11) is 0. The number of rotatable bonds is 4. The van der Waals surface area contributed by atoms with Crippen molar-refractivity contribution in [2.45, 2.75) is 26.9 Å². The first kappa shape index (κ1) is 13.8. The van der Waals surface area contributed by atoms with E-state index in [4.69, 9.17) is 9.52 Å². The monoisotopic (exact) mass is 255 g/mol. The molecule has 0 amide bonds. The molecule has 0 aromatic carbocycles. The highest BCUT2D eigenvalue weighted by molar-refractivity contribution is 6.00. The molecule has 1 aromatic heterocycles. The van der Waals surface area contributed by atoms with Crippen LogP contribution in [-0.4, -0.2) is 28.0 Å². The van der Waals surface area contributed by atoms with E-state index in [9.17, 15) is 14.7 Å². The van der Waals surface area contributed by atoms with Gasteiger partial charge in [0.1, 0.15) is 17.1 Å². The first-order chi connectivity index (χ1) is 8.32. The molecular weight excluding hydrogens is 242 g/mol. The summed E-state index contributed by atoms with van der Waals surface area (Å²) in [6, 6.07) is 1.26. The van der Waals surface area contributed by atoms with Gasteiger partial charge in [0.2, 0.25) is 6.10 Å². The van der Waals surface area contributed by atoms with Crippen LogP contribution in [0.4, 0.5) is 0 Å². The van der Waals surface area contributed by atoms with Crippen LogP contribution < -0.4 is 5.63 Å². The lowest BCUT2D eigenvalue weighted by Crippen LogP contribution is -2.19. The Bertz CT molecular complexity index is 545. The fraction of sp³-hybridized carbons (Fsp3) is 0.364. The van der Waals surface area contributed by atoms with Crippen molar-refractivity contribution in [2.75, 3.05) is 0 Å². The number of oxime groups is 1. The van der Waals surface area contributed by atoms with Crippen LogP contribution in [0.3, 0.4) is 0 Å². The Balaban J connectivity index is 3.04. The standard InChI is InChI=1S/C11H13NO6/c1-5-4-8(13)9(11(16)17-5)6(2)12-18-7(3)10(14)15/h4,7,13H,1-3H3,(H,14,15)/b12-6+. The third-order valence-electron chi connectivity index (χ3n) is 2.11. The van der Waals surface area contributed by atoms with Gasteiger partial charge in [-0.25, -0.2) is 9.59 Å². The summed E-state index contributed by atoms with van der Waals surface area (Å²) in [5.41, 5.74) is -0.882. The lowest BCUT2D eigenvalue weighted by Gasteiger charge is -2.06. The van der Waals surface area contributed by atoms with E-state index in [2.05, 4.69) is 9.99 Å². The highest BCUT2D eigenvalue weighted by Gasteiger charge is 2.15. The molecule has 0 saturated carbocycles. The van der Waals surface area contributed by atoms with Gasteiger partial charge < -0.3 is 19.5 Å². The largest absolute Gasteiger partial charge is 0.507 e. The highest BCUT2D eigenvalue weighted by Crippen LogP contribution is 2.15. The SMILES string of the molecule is C/C(=N\OC(C)C(=O)O)c1c(O)cc(C)oc1=O. The molecule has 1 unspecified atom stereocenters. The molecule has 7 nitrogen and oxygen atoms in total. The Kier molecular flexibility index (Phi) is 4.09. The Morgan fingerprint density at radius 1 is 1.56 bits per heavy atom. The van der Waals surface area contributed by atoms with Crippen LogP contribution in [0.5, 0.6) is 5.75 Å². The number of nitrogens with zero attached hydrogens (tertiary/aromatic N) is 1. The summed E-state index contributed by atoms with van der Waals surface area (Å²) >= 11 is 0. The van der Waals surface area contributed by atoms with Gasteiger partial charge in [0.25, 0.3) is 0 Å². The van der Waals surface area contributed by atoms with Crippen LogP contribution >= 0.6 is 0 Å². The van der Waals surface area contributed by atoms with Crippen molar-refractivity contribution in [1.82, 2.24) is 0 Å². The molecular formula is C11H13NO6. The van der Waals surface area contributed by atoms with Crippen LogP contribution in [0.15, 0.2) is 20.4 Å². The molecule has 98 valence electrons. The second kappa shape index (κ2) is 5.35. The molecule has 1 heterocycles. The predicted molar refractivity (Wildman–Crippen MR) is 61.8 cm³/mol. The Hall–Kier alpha value is -2.31. The van der Waals surface area contributed by atoms with Gasteiger partial charge in [0.05, 0.1) is 5.71 Å². The zero-order valence-electron chi connectivity index (χ0n) is 10.1. The second-order valence-electron chi connectivity index (χ2n) is 3.67. The van der Waals surface area contributed by atoms with E-state index < -0.39 is 17.7 Å². The van der Waals surface area contributed by atoms with Crippen molar-refractivity contribution in [3.05, 3.63) is 27.8 Å². The first-order valence-corrected chi connectivity index (χ1v) is 5.10. The average Bonchev–Trinajstić information content (AvgIpc) is 2.24. The molecule has 0 aliphatic heterocycles. The first-order valence-electron chi connectivity index (χ1n) is 5.10. The predicted octanol–water partition coefficient (Wildman–Crippen LogP) is 0.868. The van der Waals surface area contributed by atoms with Gasteiger partial charge >= 0.3 is 11.6 Å². The molecule has 2 N–H and O–H groups in total. The van der Waals surface area contributed by atoms with E-state index in [-0.39, 0.29) is 22.8 Å². The van der Waals surface area contributed by atoms with E-state index in [0.29, 0.717) is 0 Å². The number of carbonyl (C=O) groups is 1. The van der Waals surface area contributed by atoms with E-state index in [1.165, 1.54) is 26.8 Å². The summed E-state index contributed by atoms with van der Waals surface area (Å²) < 4.78 is 4.80. The van der Waals surface area contributed by atoms with Crippen molar-refractivity contribution in [3.63, 3.8) is 0 Å². The molecule has 7 heteroatoms. The molecule has 0 fully saturated rings. The number of carboxylic acid groups (broad SMARTS) is 1. The molecule has 0 spiro atoms. The number of aryl methyl sites for hydroxylation is 1. The Morgan fingerprint density at radius 3 is 2.67 bits per heavy atom. The number of hydrogen-bond acceptors (Lipinski definition) is 6. The molecule has 0 radical (unpaired) electrons. The normalized spacial score (nSPS) is 13.2. The minimum absolute atomic E-state index is 0.0364. The lowest BCUT2D eigenvalue weighted by atomic mass is 10.2. The Morgan fingerprint density at radius 2 is 2.17 bits per heavy atom. The van der Waals surface area contributed by atoms with Gasteiger partial charge in [-0.15, -0.1) is 0 Å². The summed E-state index contributed by atoms with van der Waals surface area (Å²) in [5, 5.41) is 21.7. The average molecular weight is 255 g/mol. The maximum absolute atomic E-state index is 11.5. The Labute approximate surface area is 102 Å². The van der Waals surface area contributed by atoms with Gasteiger partial charge in [-0.3, -0.25) is 0 Å². The van der Waals surface area contributed by atoms with Crippen LogP contribution in [0.2, 0.25) is 0 Å². The maximum atomic E-state index is 11.5. The molecule has 0 saturated heterocycles. The molecule has 0 aliphatic carbocycles. The van der Waals surface area contributed by atoms with Crippen molar-refractivity contribution in [2.24, 2.45) is 5.16 Å². The van der Waals surface area contributed by atoms with Crippen LogP contribution in [-0.2, 0) is 9.63 Å². The summed E-state index contributed by atoms with van der Waals surface area (Å²) in [5.74, 6) is -1.22. The van der Waals surface area contributed by atoms with E-state index in [1.807, 2.05) is 0 Å². The zero-order chi connectivity index (χ0) is 13.9. The maximum Gasteiger partial charge on any atom is 0.348 e. The molecule has 18 heavy (non-hydrogen) atoms. The van der Waals surface area contributed by atoms with Gasteiger partial charge in [-0.2, -0.15) is 0 Å². The third kappa shape index (κ3) is 3.09. The van der Waals surface area contributed by atoms with E-state index in [0.717, 1.165) is 0 Å². The van der Waals surface area contributed by atoms with Crippen LogP contribution in [0.25, 0.3) is 0 Å². The lowest BCUT2D eigenvalue weighted by molar-refractivity contribution is -0.149. The second-order valence-corrected chi connectivity index (χ2v) is 3.67. The number of hydrogen-bond donors (Lipinski definition) is 2. The molecule has 0 aliphatic rings. The van der Waals surface area contributed by atoms with Crippen LogP contribution in [0, 0.1) is 6.92 Å². The quantitative estimate of drug-likeness (QED) is 0.610. The van der Waals surface area contributed by atoms with Crippen molar-refractivity contribution >= 4 is 11.7 Å². The van der Waals surface area contributed by atoms with Crippen molar-refractivity contribution in [1.29, 1.82) is 0 Å². The summed E-state index contributed by atoms with van der Waals surface area (Å²) in [6.45, 7) is 4.20. The topological polar surface area (TPSA) is 109 Å². The molecule has 1 aromatic rings. The van der Waals surface area contributed by atoms with Gasteiger partial charge in [0.15, 0.2) is 0 Å². The molecule has 1 atom stereocenters. The van der Waals surface area contributed by atoms with Gasteiger partial charge in [-0.05, 0) is 20.8 Å². The van der Waals surface area contributed by atoms with Crippen molar-refractivity contribution < 1.29 is 24.3 Å². The van der Waals surface area contributed by atoms with E-state index >= 15 is 0 Å². The fourth-order valence-corrected chi connectivity index (χ4v) is 1.18. The highest BCUT2D eigenvalue weighted by atomic mass is 16.6. The minimum Gasteiger partial charge on any atom is -0.507 e. The molecule has 1 rings (SSSR count). The number of aliphatic carboxylic acids is 1. The summed E-state index contributed by atoms with van der Waals surface area (Å²) in [4.78, 5) is 26.7. The molecule has 0 bridgehead atoms. The van der Waals surface area contributed by atoms with Crippen molar-refractivity contribution in [3.8, 4) is 5.75 Å². The minimum atomic E-state index is -1.19. The third-order valence-corrected chi connectivity index (χ3v) is 2.11. The summed E-state index contributed by atoms with van der Waals surface area (Å²) in [6.07, 6.45) is -1.15. The van der Waals surface area contributed by atoms with Gasteiger partial charge in [-0.1, -0.05) is 5.16 Å². The van der Waals surface area contributed by atoms with Crippen LogP contribution in [0.1, 0.15) is 25.2 Å². The van der Waals surface area contributed by atoms with E-state index in [1.54, 1.807) is 0 Å². The smallest absolute Gasteiger partial charge is 0.348 e. The van der Waals surface area contributed by atoms with Gasteiger partial charge in [0, 0.05) is 6.07 Å². The number of aromatic hydroxyl groups is 1. The number of carboxylic acids is 1. The zero-order valence-corrected chi connectivity index (χ0v) is 10.1.